The van der Waals surface area contributed by atoms with Gasteiger partial charge in [-0.3, -0.25) is 9.36 Å². The highest BCUT2D eigenvalue weighted by Crippen LogP contribution is 2.37. The van der Waals surface area contributed by atoms with Gasteiger partial charge in [0, 0.05) is 0 Å². The van der Waals surface area contributed by atoms with Crippen LogP contribution in [0.2, 0.25) is 0 Å². The van der Waals surface area contributed by atoms with Crippen LogP contribution in [0.3, 0.4) is 0 Å². The fourth-order valence-electron chi connectivity index (χ4n) is 5.42. The van der Waals surface area contributed by atoms with Gasteiger partial charge >= 0.3 is 5.97 Å². The number of carbonyl (C=O) groups excluding carboxylic acids is 1. The number of carbonyl (C=O) groups is 1. The first-order chi connectivity index (χ1) is 23.3. The highest BCUT2D eigenvalue weighted by Gasteiger charge is 2.33. The van der Waals surface area contributed by atoms with Crippen LogP contribution >= 0.6 is 27.3 Å². The van der Waals surface area contributed by atoms with Gasteiger partial charge in [0.1, 0.15) is 24.7 Å². The van der Waals surface area contributed by atoms with Crippen molar-refractivity contribution in [3.8, 4) is 23.0 Å². The summed E-state index contributed by atoms with van der Waals surface area (Å²) in [4.78, 5) is 33.0. The minimum atomic E-state index is -0.718. The summed E-state index contributed by atoms with van der Waals surface area (Å²) in [6, 6.07) is 29.1. The molecule has 0 radical (unpaired) electrons. The van der Waals surface area contributed by atoms with Crippen molar-refractivity contribution in [2.24, 2.45) is 4.99 Å². The van der Waals surface area contributed by atoms with Gasteiger partial charge in [-0.15, -0.1) is 0 Å². The fraction of sp³-hybridized carbons (Fsp3) is 0.184. The molecule has 2 heterocycles. The molecule has 1 unspecified atom stereocenters. The Hall–Kier alpha value is -4.93. The highest BCUT2D eigenvalue weighted by molar-refractivity contribution is 9.10. The third-order valence-corrected chi connectivity index (χ3v) is 9.19. The second kappa shape index (κ2) is 14.9. The lowest BCUT2D eigenvalue weighted by Gasteiger charge is -2.24. The summed E-state index contributed by atoms with van der Waals surface area (Å²) < 4.78 is 26.4. The van der Waals surface area contributed by atoms with Gasteiger partial charge in [-0.1, -0.05) is 78.1 Å². The molecule has 10 heteroatoms. The van der Waals surface area contributed by atoms with Crippen molar-refractivity contribution in [2.75, 3.05) is 19.8 Å². The zero-order chi connectivity index (χ0) is 33.6. The lowest BCUT2D eigenvalue weighted by atomic mass is 9.96. The molecule has 0 fully saturated rings. The van der Waals surface area contributed by atoms with Gasteiger partial charge in [0.25, 0.3) is 5.56 Å². The average molecular weight is 726 g/mol. The Bertz CT molecular complexity index is 2160. The van der Waals surface area contributed by atoms with Gasteiger partial charge in [-0.25, -0.2) is 9.79 Å². The minimum Gasteiger partial charge on any atom is -0.490 e. The van der Waals surface area contributed by atoms with E-state index < -0.39 is 12.0 Å². The number of hydrogen-bond donors (Lipinski definition) is 0. The molecule has 0 amide bonds. The number of aromatic nitrogens is 1. The summed E-state index contributed by atoms with van der Waals surface area (Å²) >= 11 is 4.90. The van der Waals surface area contributed by atoms with Crippen LogP contribution in [0.5, 0.6) is 23.0 Å². The molecule has 0 spiro atoms. The fourth-order valence-corrected chi connectivity index (χ4v) is 7.04. The molecule has 0 bridgehead atoms. The van der Waals surface area contributed by atoms with Gasteiger partial charge in [-0.05, 0) is 89.8 Å². The Morgan fingerprint density at radius 3 is 2.31 bits per heavy atom. The normalized spacial score (nSPS) is 14.2. The molecule has 1 aromatic heterocycles. The first-order valence-electron chi connectivity index (χ1n) is 15.5. The lowest BCUT2D eigenvalue weighted by Crippen LogP contribution is -2.40. The maximum atomic E-state index is 14.1. The predicted octanol–water partition coefficient (Wildman–Crippen LogP) is 6.77. The van der Waals surface area contributed by atoms with Crippen LogP contribution in [0.4, 0.5) is 0 Å². The van der Waals surface area contributed by atoms with Crippen molar-refractivity contribution in [1.82, 2.24) is 4.57 Å². The van der Waals surface area contributed by atoms with Crippen molar-refractivity contribution in [2.45, 2.75) is 26.8 Å². The molecule has 0 aliphatic carbocycles. The number of aryl methyl sites for hydroxylation is 1. The van der Waals surface area contributed by atoms with Gasteiger partial charge < -0.3 is 18.9 Å². The molecule has 0 saturated carbocycles. The van der Waals surface area contributed by atoms with E-state index in [9.17, 15) is 9.59 Å². The largest absolute Gasteiger partial charge is 0.490 e. The van der Waals surface area contributed by atoms with Crippen LogP contribution in [0.15, 0.2) is 123 Å². The van der Waals surface area contributed by atoms with Crippen LogP contribution < -0.4 is 33.8 Å². The summed E-state index contributed by atoms with van der Waals surface area (Å²) in [5, 5.41) is 0. The Morgan fingerprint density at radius 1 is 0.896 bits per heavy atom. The number of ether oxygens (including phenoxy) is 4. The maximum Gasteiger partial charge on any atom is 0.343 e. The van der Waals surface area contributed by atoms with Gasteiger partial charge in [0.05, 0.1) is 32.9 Å². The number of thiazole rings is 1. The number of para-hydroxylation sites is 2. The summed E-state index contributed by atoms with van der Waals surface area (Å²) in [6.07, 6.45) is 1.80. The zero-order valence-electron chi connectivity index (χ0n) is 26.6. The van der Waals surface area contributed by atoms with Crippen LogP contribution in [0.1, 0.15) is 36.6 Å². The molecular formula is C38H33BrN2O6S. The summed E-state index contributed by atoms with van der Waals surface area (Å²) in [5.41, 5.74) is 3.08. The maximum absolute atomic E-state index is 14.1. The zero-order valence-corrected chi connectivity index (χ0v) is 29.0. The Kier molecular flexibility index (Phi) is 10.2. The molecule has 1 atom stereocenters. The van der Waals surface area contributed by atoms with E-state index in [-0.39, 0.29) is 5.56 Å². The molecule has 8 nitrogen and oxygen atoms in total. The van der Waals surface area contributed by atoms with Crippen molar-refractivity contribution in [3.05, 3.63) is 149 Å². The van der Waals surface area contributed by atoms with E-state index in [2.05, 4.69) is 15.9 Å². The molecule has 244 valence electrons. The number of nitrogens with zero attached hydrogens (tertiary/aromatic N) is 2. The van der Waals surface area contributed by atoms with Crippen LogP contribution in [0, 0.1) is 6.92 Å². The van der Waals surface area contributed by atoms with Crippen molar-refractivity contribution < 1.29 is 23.7 Å². The molecule has 6 rings (SSSR count). The van der Waals surface area contributed by atoms with E-state index in [0.29, 0.717) is 62.1 Å². The van der Waals surface area contributed by atoms with Crippen molar-refractivity contribution in [1.29, 1.82) is 0 Å². The minimum absolute atomic E-state index is 0.270. The average Bonchev–Trinajstić information content (AvgIpc) is 3.38. The van der Waals surface area contributed by atoms with Crippen LogP contribution in [0.25, 0.3) is 6.08 Å². The summed E-state index contributed by atoms with van der Waals surface area (Å²) in [5.74, 6) is 1.74. The van der Waals surface area contributed by atoms with Crippen molar-refractivity contribution in [3.63, 3.8) is 0 Å². The number of rotatable bonds is 11. The van der Waals surface area contributed by atoms with Crippen LogP contribution in [-0.4, -0.2) is 30.4 Å². The molecule has 4 aromatic carbocycles. The number of hydrogen-bond acceptors (Lipinski definition) is 8. The van der Waals surface area contributed by atoms with Crippen LogP contribution in [-0.2, 0) is 4.79 Å². The quantitative estimate of drug-likeness (QED) is 0.0850. The summed E-state index contributed by atoms with van der Waals surface area (Å²) in [6.45, 7) is 6.75. The van der Waals surface area contributed by atoms with E-state index in [1.54, 1.807) is 41.8 Å². The lowest BCUT2D eigenvalue weighted by molar-refractivity contribution is -0.130. The van der Waals surface area contributed by atoms with E-state index in [1.165, 1.54) is 11.3 Å². The molecule has 5 aromatic rings. The third kappa shape index (κ3) is 7.14. The molecular weight excluding hydrogens is 692 g/mol. The predicted molar refractivity (Wildman–Crippen MR) is 190 cm³/mol. The van der Waals surface area contributed by atoms with Gasteiger partial charge in [-0.2, -0.15) is 0 Å². The first-order valence-corrected chi connectivity index (χ1v) is 17.1. The standard InChI is InChI=1S/C38H33BrN2O6S/c1-4-44-31-22-26(21-29(39)35(31)46-20-19-45-30-18-12-11-13-24(30)2)23-32-36(42)41-34(27-14-7-5-8-15-27)33(25(3)40-38(41)48-32)37(43)47-28-16-9-6-10-17-28/h5-18,21-23,34H,4,19-20H2,1-3H3/b32-23+. The third-order valence-electron chi connectivity index (χ3n) is 7.62. The molecule has 0 saturated heterocycles. The Labute approximate surface area is 290 Å². The highest BCUT2D eigenvalue weighted by atomic mass is 79.9. The Balaban J connectivity index is 1.33. The number of fused-ring (bicyclic) bond motifs is 1. The van der Waals surface area contributed by atoms with Gasteiger partial charge in [0.15, 0.2) is 16.3 Å². The van der Waals surface area contributed by atoms with E-state index in [0.717, 1.165) is 22.4 Å². The Morgan fingerprint density at radius 2 is 1.58 bits per heavy atom. The topological polar surface area (TPSA) is 88.4 Å². The van der Waals surface area contributed by atoms with E-state index >= 15 is 0 Å². The van der Waals surface area contributed by atoms with E-state index in [4.69, 9.17) is 23.9 Å². The number of benzene rings is 4. The number of allylic oxidation sites excluding steroid dienone is 1. The first kappa shape index (κ1) is 33.0. The monoisotopic (exact) mass is 724 g/mol. The number of halogens is 1. The van der Waals surface area contributed by atoms with E-state index in [1.807, 2.05) is 86.6 Å². The molecule has 1 aliphatic rings. The number of esters is 1. The second-order valence-electron chi connectivity index (χ2n) is 10.9. The molecule has 1 aliphatic heterocycles. The van der Waals surface area contributed by atoms with Gasteiger partial charge in [0.2, 0.25) is 0 Å². The second-order valence-corrected chi connectivity index (χ2v) is 12.8. The SMILES string of the molecule is CCOc1cc(/C=c2/sc3n(c2=O)C(c2ccccc2)C(C(=O)Oc2ccccc2)=C(C)N=3)cc(Br)c1OCCOc1ccccc1C. The molecule has 48 heavy (non-hydrogen) atoms. The smallest absolute Gasteiger partial charge is 0.343 e. The summed E-state index contributed by atoms with van der Waals surface area (Å²) in [7, 11) is 0. The molecule has 0 N–H and O–H groups in total. The van der Waals surface area contributed by atoms with Crippen molar-refractivity contribution >= 4 is 39.3 Å².